The maximum absolute atomic E-state index is 13.5. The van der Waals surface area contributed by atoms with Gasteiger partial charge < -0.3 is 20.9 Å². The van der Waals surface area contributed by atoms with E-state index in [2.05, 4.69) is 39.5 Å². The topological polar surface area (TPSA) is 69.3 Å². The highest BCUT2D eigenvalue weighted by atomic mass is 19.4. The van der Waals surface area contributed by atoms with E-state index in [0.717, 1.165) is 31.6 Å². The van der Waals surface area contributed by atoms with Crippen LogP contribution in [0.3, 0.4) is 0 Å². The molecule has 0 bridgehead atoms. The van der Waals surface area contributed by atoms with Crippen LogP contribution in [0.15, 0.2) is 30.8 Å². The molecule has 31 heavy (non-hydrogen) atoms. The van der Waals surface area contributed by atoms with E-state index in [9.17, 15) is 18.0 Å². The van der Waals surface area contributed by atoms with Crippen LogP contribution in [0.1, 0.15) is 25.0 Å². The zero-order valence-corrected chi connectivity index (χ0v) is 17.8. The summed E-state index contributed by atoms with van der Waals surface area (Å²) in [5, 5.41) is 10.0. The normalized spacial score (nSPS) is 15.6. The molecule has 168 valence electrons. The first-order chi connectivity index (χ1) is 14.7. The molecule has 1 amide bonds. The van der Waals surface area contributed by atoms with Crippen molar-refractivity contribution >= 4 is 33.8 Å². The first-order valence-electron chi connectivity index (χ1n) is 10.3. The summed E-state index contributed by atoms with van der Waals surface area (Å²) in [5.41, 5.74) is -0.441. The Balaban J connectivity index is 1.98. The van der Waals surface area contributed by atoms with Gasteiger partial charge in [0.1, 0.15) is 5.82 Å². The van der Waals surface area contributed by atoms with Crippen molar-refractivity contribution < 1.29 is 18.0 Å². The molecule has 1 aliphatic heterocycles. The summed E-state index contributed by atoms with van der Waals surface area (Å²) in [6, 6.07) is 7.20. The number of aromatic nitrogens is 1. The van der Waals surface area contributed by atoms with E-state index >= 15 is 0 Å². The van der Waals surface area contributed by atoms with Crippen LogP contribution in [0.2, 0.25) is 0 Å². The molecule has 1 aromatic heterocycles. The minimum atomic E-state index is -4.60. The summed E-state index contributed by atoms with van der Waals surface area (Å²) in [6.07, 6.45) is -2.51. The van der Waals surface area contributed by atoms with Crippen molar-refractivity contribution in [1.29, 1.82) is 0 Å². The molecular formula is C22H28F3N5O. The molecule has 0 radical (unpaired) electrons. The van der Waals surface area contributed by atoms with Crippen molar-refractivity contribution in [1.82, 2.24) is 15.2 Å². The summed E-state index contributed by atoms with van der Waals surface area (Å²) < 4.78 is 40.4. The Labute approximate surface area is 179 Å². The van der Waals surface area contributed by atoms with Crippen molar-refractivity contribution in [2.45, 2.75) is 31.5 Å². The fourth-order valence-electron chi connectivity index (χ4n) is 3.66. The van der Waals surface area contributed by atoms with Crippen LogP contribution in [0.4, 0.5) is 24.7 Å². The minimum Gasteiger partial charge on any atom is -0.382 e. The number of amides is 1. The van der Waals surface area contributed by atoms with E-state index in [1.54, 1.807) is 18.2 Å². The molecule has 0 spiro atoms. The number of allylic oxidation sites excluding steroid dienone is 1. The Bertz CT molecular complexity index is 952. The van der Waals surface area contributed by atoms with E-state index in [1.807, 2.05) is 6.07 Å². The summed E-state index contributed by atoms with van der Waals surface area (Å²) in [5.74, 6) is 0.104. The van der Waals surface area contributed by atoms with Crippen LogP contribution in [-0.2, 0) is 4.79 Å². The lowest BCUT2D eigenvalue weighted by molar-refractivity contribution is -0.120. The van der Waals surface area contributed by atoms with Crippen molar-refractivity contribution in [3.05, 3.63) is 36.5 Å². The fraction of sp³-hybridized carbons (Fsp3) is 0.455. The summed E-state index contributed by atoms with van der Waals surface area (Å²) in [6.45, 7) is 5.44. The molecular weight excluding hydrogens is 407 g/mol. The predicted octanol–water partition coefficient (Wildman–Crippen LogP) is 3.86. The molecule has 6 nitrogen and oxygen atoms in total. The fourth-order valence-corrected chi connectivity index (χ4v) is 3.66. The first-order valence-corrected chi connectivity index (χ1v) is 10.3. The van der Waals surface area contributed by atoms with Crippen molar-refractivity contribution in [2.24, 2.45) is 0 Å². The summed E-state index contributed by atoms with van der Waals surface area (Å²) >= 11 is 0. The number of nitrogens with zero attached hydrogens (tertiary/aromatic N) is 2. The second kappa shape index (κ2) is 9.55. The average Bonchev–Trinajstić information content (AvgIpc) is 2.74. The van der Waals surface area contributed by atoms with Gasteiger partial charge in [0.2, 0.25) is 5.91 Å². The number of alkyl halides is 3. The minimum absolute atomic E-state index is 0.169. The quantitative estimate of drug-likeness (QED) is 0.616. The molecule has 3 rings (SSSR count). The highest BCUT2D eigenvalue weighted by Crippen LogP contribution is 2.38. The Morgan fingerprint density at radius 3 is 2.61 bits per heavy atom. The monoisotopic (exact) mass is 435 g/mol. The van der Waals surface area contributed by atoms with Gasteiger partial charge in [0, 0.05) is 42.5 Å². The van der Waals surface area contributed by atoms with E-state index in [4.69, 9.17) is 0 Å². The van der Waals surface area contributed by atoms with E-state index < -0.39 is 11.7 Å². The van der Waals surface area contributed by atoms with Gasteiger partial charge in [-0.2, -0.15) is 13.2 Å². The number of hydrogen-bond donors (Lipinski definition) is 3. The number of benzene rings is 1. The van der Waals surface area contributed by atoms with Crippen LogP contribution in [0.25, 0.3) is 16.3 Å². The van der Waals surface area contributed by atoms with Crippen molar-refractivity contribution in [3.8, 4) is 0 Å². The molecule has 1 fully saturated rings. The summed E-state index contributed by atoms with van der Waals surface area (Å²) in [4.78, 5) is 17.9. The molecule has 9 heteroatoms. The number of fused-ring (bicyclic) bond motifs is 1. The van der Waals surface area contributed by atoms with Crippen molar-refractivity contribution in [2.75, 3.05) is 44.4 Å². The van der Waals surface area contributed by atoms with Crippen LogP contribution in [-0.4, -0.2) is 61.7 Å². The molecule has 2 heterocycles. The van der Waals surface area contributed by atoms with Gasteiger partial charge in [0.15, 0.2) is 0 Å². The van der Waals surface area contributed by atoms with E-state index in [1.165, 1.54) is 7.05 Å². The number of piperidine rings is 1. The second-order valence-corrected chi connectivity index (χ2v) is 7.80. The van der Waals surface area contributed by atoms with Crippen LogP contribution >= 0.6 is 0 Å². The number of anilines is 2. The number of nitrogens with one attached hydrogen (secondary N) is 3. The maximum atomic E-state index is 13.5. The summed E-state index contributed by atoms with van der Waals surface area (Å²) in [7, 11) is 3.61. The lowest BCUT2D eigenvalue weighted by atomic mass is 10.0. The van der Waals surface area contributed by atoms with Crippen LogP contribution in [0, 0.1) is 0 Å². The first kappa shape index (κ1) is 22.9. The Kier molecular flexibility index (Phi) is 7.04. The third-order valence-electron chi connectivity index (χ3n) is 5.52. The molecule has 0 saturated carbocycles. The highest BCUT2D eigenvalue weighted by Gasteiger charge is 2.35. The number of carbonyl (C=O) groups excluding carboxylic acids is 1. The number of hydrogen-bond acceptors (Lipinski definition) is 5. The average molecular weight is 435 g/mol. The number of carbonyl (C=O) groups is 1. The Hall–Kier alpha value is -2.81. The molecule has 0 atom stereocenters. The molecule has 1 aliphatic rings. The van der Waals surface area contributed by atoms with E-state index in [-0.39, 0.29) is 36.4 Å². The molecule has 1 aromatic carbocycles. The third-order valence-corrected chi connectivity index (χ3v) is 5.52. The second-order valence-electron chi connectivity index (χ2n) is 7.80. The number of halogens is 3. The van der Waals surface area contributed by atoms with Gasteiger partial charge in [-0.25, -0.2) is 4.98 Å². The van der Waals surface area contributed by atoms with Gasteiger partial charge in [0.05, 0.1) is 11.3 Å². The van der Waals surface area contributed by atoms with E-state index in [0.29, 0.717) is 10.8 Å². The Morgan fingerprint density at radius 2 is 1.97 bits per heavy atom. The van der Waals surface area contributed by atoms with Crippen LogP contribution in [0.5, 0.6) is 0 Å². The zero-order valence-electron chi connectivity index (χ0n) is 17.8. The number of pyridine rings is 1. The van der Waals surface area contributed by atoms with Gasteiger partial charge >= 0.3 is 6.18 Å². The van der Waals surface area contributed by atoms with Crippen LogP contribution < -0.4 is 16.0 Å². The standard InChI is InChI=1S/C22H28F3N5O/c1-14(22(23,24)25)21-16-5-4-6-18(28-15-8-11-30(3)12-9-15)17(16)13-19(29-21)27-10-7-20(31)26-2/h4-6,13,15,28H,1,7-12H2,2-3H3,(H,26,31)(H,27,29). The smallest absolute Gasteiger partial charge is 0.382 e. The van der Waals surface area contributed by atoms with Crippen molar-refractivity contribution in [3.63, 3.8) is 0 Å². The SMILES string of the molecule is C=C(c1nc(NCCC(=O)NC)cc2c(NC3CCN(C)CC3)cccc12)C(F)(F)F. The molecule has 2 aromatic rings. The van der Waals surface area contributed by atoms with Gasteiger partial charge in [0.25, 0.3) is 0 Å². The third kappa shape index (κ3) is 5.66. The molecule has 3 N–H and O–H groups in total. The maximum Gasteiger partial charge on any atom is 0.417 e. The predicted molar refractivity (Wildman–Crippen MR) is 118 cm³/mol. The molecule has 1 saturated heterocycles. The largest absolute Gasteiger partial charge is 0.417 e. The highest BCUT2D eigenvalue weighted by molar-refractivity contribution is 6.01. The molecule has 0 unspecified atom stereocenters. The molecule has 0 aliphatic carbocycles. The van der Waals surface area contributed by atoms with Gasteiger partial charge in [-0.1, -0.05) is 18.7 Å². The lowest BCUT2D eigenvalue weighted by Crippen LogP contribution is -2.36. The zero-order chi connectivity index (χ0) is 22.6. The van der Waals surface area contributed by atoms with Gasteiger partial charge in [-0.3, -0.25) is 4.79 Å². The van der Waals surface area contributed by atoms with Gasteiger partial charge in [-0.05, 0) is 45.1 Å². The van der Waals surface area contributed by atoms with Gasteiger partial charge in [-0.15, -0.1) is 0 Å². The number of rotatable bonds is 7. The number of likely N-dealkylation sites (tertiary alicyclic amines) is 1. The lowest BCUT2D eigenvalue weighted by Gasteiger charge is -2.30. The Morgan fingerprint density at radius 1 is 1.26 bits per heavy atom.